The Balaban J connectivity index is 1.47. The second-order valence-electron chi connectivity index (χ2n) is 5.21. The van der Waals surface area contributed by atoms with Gasteiger partial charge in [0.05, 0.1) is 6.54 Å². The third-order valence-electron chi connectivity index (χ3n) is 3.81. The van der Waals surface area contributed by atoms with Crippen LogP contribution in [0.1, 0.15) is 24.4 Å². The summed E-state index contributed by atoms with van der Waals surface area (Å²) in [6.45, 7) is 2.70. The van der Waals surface area contributed by atoms with Gasteiger partial charge >= 0.3 is 0 Å². The molecular weight excluding hydrogens is 264 g/mol. The van der Waals surface area contributed by atoms with E-state index >= 15 is 0 Å². The summed E-state index contributed by atoms with van der Waals surface area (Å²) in [7, 11) is 0. The van der Waals surface area contributed by atoms with Crippen LogP contribution in [0.2, 0.25) is 0 Å². The van der Waals surface area contributed by atoms with Crippen molar-refractivity contribution in [2.45, 2.75) is 25.4 Å². The van der Waals surface area contributed by atoms with Crippen molar-refractivity contribution in [3.63, 3.8) is 0 Å². The molecule has 0 aliphatic carbocycles. The third-order valence-corrected chi connectivity index (χ3v) is 3.81. The Bertz CT molecular complexity index is 609. The molecule has 0 radical (unpaired) electrons. The smallest absolute Gasteiger partial charge is 0.203 e. The van der Waals surface area contributed by atoms with Crippen molar-refractivity contribution < 1.29 is 4.42 Å². The Morgan fingerprint density at radius 1 is 1.29 bits per heavy atom. The lowest BCUT2D eigenvalue weighted by atomic mass is 10.0. The lowest BCUT2D eigenvalue weighted by Gasteiger charge is -2.33. The summed E-state index contributed by atoms with van der Waals surface area (Å²) < 4.78 is 5.37. The Hall–Kier alpha value is -2.32. The van der Waals surface area contributed by atoms with Crippen LogP contribution in [0, 0.1) is 11.3 Å². The number of anilines is 1. The highest BCUT2D eigenvalue weighted by molar-refractivity contribution is 5.38. The number of hydrogen-bond donors (Lipinski definition) is 1. The van der Waals surface area contributed by atoms with Gasteiger partial charge in [0.25, 0.3) is 0 Å². The fourth-order valence-corrected chi connectivity index (χ4v) is 2.63. The van der Waals surface area contributed by atoms with Crippen LogP contribution in [-0.4, -0.2) is 24.1 Å². The summed E-state index contributed by atoms with van der Waals surface area (Å²) in [5.41, 5.74) is 0. The molecule has 2 aromatic rings. The molecule has 1 aliphatic rings. The number of nitrogens with zero attached hydrogens (tertiary/aromatic N) is 3. The minimum atomic E-state index is 0.372. The standard InChI is InChI=1S/C16H18N4O/c17-11-14-4-5-15(21-14)12-19-13-6-9-20(10-7-13)16-3-1-2-8-18-16/h1-5,8,13,19H,6-7,9-10,12H2. The first-order chi connectivity index (χ1) is 10.3. The number of aromatic nitrogens is 1. The molecule has 0 saturated carbocycles. The molecule has 2 aromatic heterocycles. The van der Waals surface area contributed by atoms with Gasteiger partial charge in [0.15, 0.2) is 0 Å². The van der Waals surface area contributed by atoms with Gasteiger partial charge in [0, 0.05) is 25.3 Å². The van der Waals surface area contributed by atoms with E-state index in [9.17, 15) is 0 Å². The van der Waals surface area contributed by atoms with E-state index in [0.717, 1.165) is 37.5 Å². The van der Waals surface area contributed by atoms with Crippen molar-refractivity contribution in [3.8, 4) is 6.07 Å². The van der Waals surface area contributed by atoms with Gasteiger partial charge in [-0.25, -0.2) is 4.98 Å². The average Bonchev–Trinajstić information content (AvgIpc) is 3.02. The molecule has 108 valence electrons. The predicted molar refractivity (Wildman–Crippen MR) is 79.7 cm³/mol. The molecule has 1 saturated heterocycles. The van der Waals surface area contributed by atoms with Crippen LogP contribution in [-0.2, 0) is 6.54 Å². The van der Waals surface area contributed by atoms with Gasteiger partial charge in [-0.05, 0) is 37.1 Å². The minimum Gasteiger partial charge on any atom is -0.449 e. The molecule has 0 amide bonds. The van der Waals surface area contributed by atoms with Crippen LogP contribution in [0.4, 0.5) is 5.82 Å². The molecule has 3 rings (SSSR count). The van der Waals surface area contributed by atoms with Gasteiger partial charge in [-0.15, -0.1) is 0 Å². The van der Waals surface area contributed by atoms with Crippen molar-refractivity contribution in [2.24, 2.45) is 0 Å². The zero-order valence-corrected chi connectivity index (χ0v) is 11.8. The normalized spacial score (nSPS) is 15.9. The van der Waals surface area contributed by atoms with Crippen molar-refractivity contribution in [1.82, 2.24) is 10.3 Å². The maximum Gasteiger partial charge on any atom is 0.203 e. The molecule has 0 aromatic carbocycles. The topological polar surface area (TPSA) is 65.1 Å². The number of furan rings is 1. The van der Waals surface area contributed by atoms with Crippen LogP contribution in [0.25, 0.3) is 0 Å². The van der Waals surface area contributed by atoms with Crippen molar-refractivity contribution in [1.29, 1.82) is 5.26 Å². The molecule has 5 heteroatoms. The van der Waals surface area contributed by atoms with Crippen molar-refractivity contribution >= 4 is 5.82 Å². The molecule has 0 bridgehead atoms. The lowest BCUT2D eigenvalue weighted by Crippen LogP contribution is -2.42. The number of piperidine rings is 1. The van der Waals surface area contributed by atoms with E-state index in [4.69, 9.17) is 9.68 Å². The van der Waals surface area contributed by atoms with E-state index in [1.165, 1.54) is 0 Å². The summed E-state index contributed by atoms with van der Waals surface area (Å²) in [6, 6.07) is 12.1. The first-order valence-corrected chi connectivity index (χ1v) is 7.23. The molecule has 1 N–H and O–H groups in total. The van der Waals surface area contributed by atoms with Crippen molar-refractivity contribution in [3.05, 3.63) is 48.0 Å². The number of nitrogens with one attached hydrogen (secondary N) is 1. The largest absolute Gasteiger partial charge is 0.449 e. The summed E-state index contributed by atoms with van der Waals surface area (Å²) in [6.07, 6.45) is 4.01. The highest BCUT2D eigenvalue weighted by Gasteiger charge is 2.19. The summed E-state index contributed by atoms with van der Waals surface area (Å²) in [4.78, 5) is 6.71. The fraction of sp³-hybridized carbons (Fsp3) is 0.375. The number of rotatable bonds is 4. The number of pyridine rings is 1. The van der Waals surface area contributed by atoms with Crippen LogP contribution in [0.3, 0.4) is 0 Å². The van der Waals surface area contributed by atoms with E-state index in [1.54, 1.807) is 6.07 Å². The molecular formula is C16H18N4O. The number of nitriles is 1. The van der Waals surface area contributed by atoms with Crippen LogP contribution in [0.15, 0.2) is 40.9 Å². The SMILES string of the molecule is N#Cc1ccc(CNC2CCN(c3ccccn3)CC2)o1. The Labute approximate surface area is 124 Å². The van der Waals surface area contributed by atoms with Crippen LogP contribution < -0.4 is 10.2 Å². The fourth-order valence-electron chi connectivity index (χ4n) is 2.63. The Kier molecular flexibility index (Phi) is 4.17. The third kappa shape index (κ3) is 3.41. The van der Waals surface area contributed by atoms with E-state index < -0.39 is 0 Å². The molecule has 3 heterocycles. The van der Waals surface area contributed by atoms with E-state index in [1.807, 2.05) is 30.5 Å². The molecule has 1 fully saturated rings. The van der Waals surface area contributed by atoms with Gasteiger partial charge in [0.2, 0.25) is 5.76 Å². The summed E-state index contributed by atoms with van der Waals surface area (Å²) in [5.74, 6) is 2.25. The Morgan fingerprint density at radius 3 is 2.81 bits per heavy atom. The maximum absolute atomic E-state index is 8.73. The highest BCUT2D eigenvalue weighted by Crippen LogP contribution is 2.17. The lowest BCUT2D eigenvalue weighted by molar-refractivity contribution is 0.386. The first kappa shape index (κ1) is 13.7. The van der Waals surface area contributed by atoms with Crippen molar-refractivity contribution in [2.75, 3.05) is 18.0 Å². The second-order valence-corrected chi connectivity index (χ2v) is 5.21. The zero-order valence-electron chi connectivity index (χ0n) is 11.8. The highest BCUT2D eigenvalue weighted by atomic mass is 16.3. The van der Waals surface area contributed by atoms with Gasteiger partial charge < -0.3 is 14.6 Å². The second kappa shape index (κ2) is 6.42. The van der Waals surface area contributed by atoms with Gasteiger partial charge in [-0.1, -0.05) is 6.07 Å². The monoisotopic (exact) mass is 282 g/mol. The van der Waals surface area contributed by atoms with Gasteiger partial charge in [0.1, 0.15) is 17.6 Å². The van der Waals surface area contributed by atoms with Gasteiger partial charge in [-0.2, -0.15) is 5.26 Å². The first-order valence-electron chi connectivity index (χ1n) is 7.23. The molecule has 0 spiro atoms. The molecule has 0 unspecified atom stereocenters. The summed E-state index contributed by atoms with van der Waals surface area (Å²) in [5, 5.41) is 12.2. The van der Waals surface area contributed by atoms with E-state index in [0.29, 0.717) is 18.3 Å². The zero-order chi connectivity index (χ0) is 14.5. The Morgan fingerprint density at radius 2 is 2.14 bits per heavy atom. The van der Waals surface area contributed by atoms with Crippen LogP contribution in [0.5, 0.6) is 0 Å². The quantitative estimate of drug-likeness (QED) is 0.932. The number of hydrogen-bond acceptors (Lipinski definition) is 5. The van der Waals surface area contributed by atoms with Gasteiger partial charge in [-0.3, -0.25) is 0 Å². The predicted octanol–water partition coefficient (Wildman–Crippen LogP) is 2.30. The maximum atomic E-state index is 8.73. The molecule has 0 atom stereocenters. The van der Waals surface area contributed by atoms with E-state index in [2.05, 4.69) is 21.3 Å². The van der Waals surface area contributed by atoms with Crippen LogP contribution >= 0.6 is 0 Å². The molecule has 21 heavy (non-hydrogen) atoms. The molecule has 5 nitrogen and oxygen atoms in total. The molecule has 1 aliphatic heterocycles. The minimum absolute atomic E-state index is 0.372. The average molecular weight is 282 g/mol. The van der Waals surface area contributed by atoms with E-state index in [-0.39, 0.29) is 0 Å². The summed E-state index contributed by atoms with van der Waals surface area (Å²) >= 11 is 0.